The van der Waals surface area contributed by atoms with Crippen molar-refractivity contribution in [2.45, 2.75) is 19.9 Å². The molecule has 1 amide bonds. The maximum Gasteiger partial charge on any atom is 0.225 e. The number of carbonyl (C=O) groups excluding carboxylic acids is 1. The minimum Gasteiger partial charge on any atom is -0.496 e. The van der Waals surface area contributed by atoms with E-state index >= 15 is 0 Å². The van der Waals surface area contributed by atoms with Crippen molar-refractivity contribution in [3.63, 3.8) is 0 Å². The van der Waals surface area contributed by atoms with Gasteiger partial charge in [0.25, 0.3) is 0 Å². The van der Waals surface area contributed by atoms with Crippen LogP contribution in [0.3, 0.4) is 0 Å². The van der Waals surface area contributed by atoms with Crippen molar-refractivity contribution < 1.29 is 9.53 Å². The van der Waals surface area contributed by atoms with E-state index in [1.807, 2.05) is 42.8 Å². The van der Waals surface area contributed by atoms with E-state index in [0.717, 1.165) is 43.7 Å². The van der Waals surface area contributed by atoms with Crippen LogP contribution in [-0.2, 0) is 17.8 Å². The summed E-state index contributed by atoms with van der Waals surface area (Å²) in [6.07, 6.45) is 4.09. The summed E-state index contributed by atoms with van der Waals surface area (Å²) in [5.41, 5.74) is 4.42. The fourth-order valence-electron chi connectivity index (χ4n) is 3.53. The molecule has 4 nitrogen and oxygen atoms in total. The summed E-state index contributed by atoms with van der Waals surface area (Å²) in [4.78, 5) is 17.7. The predicted octanol–water partition coefficient (Wildman–Crippen LogP) is 5.14. The first kappa shape index (κ1) is 19.2. The lowest BCUT2D eigenvalue weighted by Gasteiger charge is -2.13. The number of amides is 1. The number of benzene rings is 2. The van der Waals surface area contributed by atoms with E-state index in [0.29, 0.717) is 13.0 Å². The molecule has 0 bridgehead atoms. The fourth-order valence-corrected chi connectivity index (χ4v) is 4.23. The number of nitrogens with zero attached hydrogens (tertiary/aromatic N) is 1. The average molecular weight is 403 g/mol. The lowest BCUT2D eigenvalue weighted by Crippen LogP contribution is -2.24. The van der Waals surface area contributed by atoms with Gasteiger partial charge in [0.15, 0.2) is 0 Å². The Morgan fingerprint density at radius 1 is 1.14 bits per heavy atom. The molecule has 0 saturated heterocycles. The largest absolute Gasteiger partial charge is 0.496 e. The summed E-state index contributed by atoms with van der Waals surface area (Å²) in [7, 11) is 1.69. The lowest BCUT2D eigenvalue weighted by molar-refractivity contribution is -0.120. The van der Waals surface area contributed by atoms with Gasteiger partial charge in [-0.2, -0.15) is 0 Å². The van der Waals surface area contributed by atoms with Gasteiger partial charge >= 0.3 is 0 Å². The van der Waals surface area contributed by atoms with Gasteiger partial charge in [0.1, 0.15) is 5.75 Å². The number of thiophene rings is 1. The average Bonchev–Trinajstić information content (AvgIpc) is 3.25. The maximum absolute atomic E-state index is 12.3. The van der Waals surface area contributed by atoms with E-state index in [1.54, 1.807) is 24.6 Å². The van der Waals surface area contributed by atoms with E-state index in [1.165, 1.54) is 0 Å². The number of nitrogens with one attached hydrogen (secondary N) is 1. The summed E-state index contributed by atoms with van der Waals surface area (Å²) in [5.74, 6) is 0.907. The number of rotatable bonds is 6. The number of aromatic nitrogens is 1. The van der Waals surface area contributed by atoms with Crippen molar-refractivity contribution in [3.8, 4) is 16.9 Å². The Hall–Kier alpha value is -3.18. The zero-order chi connectivity index (χ0) is 20.2. The molecule has 5 heteroatoms. The first-order valence-electron chi connectivity index (χ1n) is 9.45. The van der Waals surface area contributed by atoms with Crippen LogP contribution in [0.2, 0.25) is 0 Å². The number of hydrogen-bond donors (Lipinski definition) is 1. The summed E-state index contributed by atoms with van der Waals surface area (Å²) in [6, 6.07) is 16.4. The van der Waals surface area contributed by atoms with Gasteiger partial charge in [-0.15, -0.1) is 11.3 Å². The third-order valence-corrected chi connectivity index (χ3v) is 5.88. The van der Waals surface area contributed by atoms with Gasteiger partial charge in [-0.3, -0.25) is 9.78 Å². The molecule has 2 heterocycles. The van der Waals surface area contributed by atoms with E-state index in [4.69, 9.17) is 4.74 Å². The molecule has 0 spiro atoms. The van der Waals surface area contributed by atoms with Gasteiger partial charge in [-0.25, -0.2) is 0 Å². The zero-order valence-corrected chi connectivity index (χ0v) is 17.3. The van der Waals surface area contributed by atoms with Gasteiger partial charge in [0, 0.05) is 29.2 Å². The second-order valence-electron chi connectivity index (χ2n) is 6.91. The molecule has 0 radical (unpaired) electrons. The van der Waals surface area contributed by atoms with E-state index in [-0.39, 0.29) is 5.91 Å². The minimum absolute atomic E-state index is 0.0272. The van der Waals surface area contributed by atoms with Crippen molar-refractivity contribution in [3.05, 3.63) is 82.3 Å². The summed E-state index contributed by atoms with van der Waals surface area (Å²) in [5, 5.41) is 7.19. The Balaban J connectivity index is 1.61. The SMILES string of the molecule is COc1ccc(-c2ccc(CNC(=O)Cc3cccs3)c3cnccc23)cc1C. The molecule has 1 N–H and O–H groups in total. The smallest absolute Gasteiger partial charge is 0.225 e. The molecule has 2 aromatic heterocycles. The Morgan fingerprint density at radius 3 is 2.79 bits per heavy atom. The van der Waals surface area contributed by atoms with Crippen LogP contribution < -0.4 is 10.1 Å². The van der Waals surface area contributed by atoms with Crippen molar-refractivity contribution >= 4 is 28.0 Å². The molecule has 0 unspecified atom stereocenters. The fraction of sp³-hybridized carbons (Fsp3) is 0.167. The molecular formula is C24H22N2O2S. The van der Waals surface area contributed by atoms with Crippen LogP contribution in [0.5, 0.6) is 5.75 Å². The maximum atomic E-state index is 12.3. The van der Waals surface area contributed by atoms with Crippen molar-refractivity contribution in [1.82, 2.24) is 10.3 Å². The van der Waals surface area contributed by atoms with Crippen LogP contribution in [-0.4, -0.2) is 18.0 Å². The second kappa shape index (κ2) is 8.45. The molecule has 0 aliphatic heterocycles. The Morgan fingerprint density at radius 2 is 2.03 bits per heavy atom. The summed E-state index contributed by atoms with van der Waals surface area (Å²) in [6.45, 7) is 2.53. The van der Waals surface area contributed by atoms with Gasteiger partial charge in [-0.1, -0.05) is 24.3 Å². The number of pyridine rings is 1. The van der Waals surface area contributed by atoms with Crippen molar-refractivity contribution in [2.75, 3.05) is 7.11 Å². The normalized spacial score (nSPS) is 10.8. The van der Waals surface area contributed by atoms with Crippen molar-refractivity contribution in [1.29, 1.82) is 0 Å². The van der Waals surface area contributed by atoms with E-state index in [9.17, 15) is 4.79 Å². The number of ether oxygens (including phenoxy) is 1. The Bertz CT molecular complexity index is 1150. The monoisotopic (exact) mass is 402 g/mol. The van der Waals surface area contributed by atoms with Gasteiger partial charge < -0.3 is 10.1 Å². The molecule has 29 heavy (non-hydrogen) atoms. The lowest BCUT2D eigenvalue weighted by atomic mass is 9.95. The number of aryl methyl sites for hydroxylation is 1. The van der Waals surface area contributed by atoms with Crippen LogP contribution >= 0.6 is 11.3 Å². The second-order valence-corrected chi connectivity index (χ2v) is 7.94. The highest BCUT2D eigenvalue weighted by atomic mass is 32.1. The molecular weight excluding hydrogens is 380 g/mol. The van der Waals surface area contributed by atoms with Crippen LogP contribution in [0.4, 0.5) is 0 Å². The summed E-state index contributed by atoms with van der Waals surface area (Å²) < 4.78 is 5.38. The third-order valence-electron chi connectivity index (χ3n) is 5.01. The highest BCUT2D eigenvalue weighted by molar-refractivity contribution is 7.10. The van der Waals surface area contributed by atoms with Crippen LogP contribution in [0.25, 0.3) is 21.9 Å². The van der Waals surface area contributed by atoms with Gasteiger partial charge in [0.05, 0.1) is 13.5 Å². The third kappa shape index (κ3) is 4.15. The Kier molecular flexibility index (Phi) is 5.58. The number of hydrogen-bond acceptors (Lipinski definition) is 4. The summed E-state index contributed by atoms with van der Waals surface area (Å²) >= 11 is 1.60. The highest BCUT2D eigenvalue weighted by Gasteiger charge is 2.11. The van der Waals surface area contributed by atoms with Gasteiger partial charge in [0.2, 0.25) is 5.91 Å². The first-order chi connectivity index (χ1) is 14.2. The minimum atomic E-state index is 0.0272. The molecule has 0 fully saturated rings. The first-order valence-corrected chi connectivity index (χ1v) is 10.3. The molecule has 0 saturated carbocycles. The quantitative estimate of drug-likeness (QED) is 0.486. The molecule has 146 valence electrons. The van der Waals surface area contributed by atoms with Gasteiger partial charge in [-0.05, 0) is 64.2 Å². The zero-order valence-electron chi connectivity index (χ0n) is 16.4. The van der Waals surface area contributed by atoms with Crippen LogP contribution in [0.15, 0.2) is 66.3 Å². The molecule has 0 aliphatic rings. The molecule has 0 aliphatic carbocycles. The number of methoxy groups -OCH3 is 1. The number of carbonyl (C=O) groups is 1. The van der Waals surface area contributed by atoms with Crippen molar-refractivity contribution in [2.24, 2.45) is 0 Å². The van der Waals surface area contributed by atoms with Crippen LogP contribution in [0, 0.1) is 6.92 Å². The highest BCUT2D eigenvalue weighted by Crippen LogP contribution is 2.32. The standard InChI is InChI=1S/C24H22N2O2S/c1-16-12-17(6-8-23(16)28-2)20-7-5-18(22-15-25-10-9-21(20)22)14-26-24(27)13-19-4-3-11-29-19/h3-12,15H,13-14H2,1-2H3,(H,26,27). The molecule has 2 aromatic carbocycles. The number of fused-ring (bicyclic) bond motifs is 1. The van der Waals surface area contributed by atoms with E-state index in [2.05, 4.69) is 34.6 Å². The van der Waals surface area contributed by atoms with Crippen LogP contribution in [0.1, 0.15) is 16.0 Å². The molecule has 4 rings (SSSR count). The molecule has 4 aromatic rings. The molecule has 0 atom stereocenters. The Labute approximate surface area is 174 Å². The van der Waals surface area contributed by atoms with E-state index < -0.39 is 0 Å². The predicted molar refractivity (Wildman–Crippen MR) is 118 cm³/mol. The topological polar surface area (TPSA) is 51.2 Å².